The van der Waals surface area contributed by atoms with Gasteiger partial charge in [-0.25, -0.2) is 0 Å². The van der Waals surface area contributed by atoms with Crippen molar-refractivity contribution in [3.63, 3.8) is 0 Å². The topological polar surface area (TPSA) is 75.4 Å². The van der Waals surface area contributed by atoms with E-state index in [1.54, 1.807) is 26.2 Å². The van der Waals surface area contributed by atoms with Crippen LogP contribution in [0.1, 0.15) is 5.56 Å². The van der Waals surface area contributed by atoms with Crippen molar-refractivity contribution >= 4 is 23.2 Å². The van der Waals surface area contributed by atoms with Gasteiger partial charge in [0.15, 0.2) is 0 Å². The molecule has 3 N–H and O–H groups in total. The van der Waals surface area contributed by atoms with E-state index in [0.717, 1.165) is 5.56 Å². The molecule has 0 saturated heterocycles. The third-order valence-corrected chi connectivity index (χ3v) is 2.87. The van der Waals surface area contributed by atoms with Crippen molar-refractivity contribution in [1.29, 1.82) is 0 Å². The molecule has 5 heteroatoms. The van der Waals surface area contributed by atoms with Gasteiger partial charge in [-0.05, 0) is 24.1 Å². The Labute approximate surface area is 99.6 Å². The van der Waals surface area contributed by atoms with Gasteiger partial charge in [0.2, 0.25) is 11.8 Å². The number of nitrogens with one attached hydrogen (secondary N) is 1. The number of carbonyl (C=O) groups is 2. The third-order valence-electron chi connectivity index (χ3n) is 2.87. The van der Waals surface area contributed by atoms with Gasteiger partial charge in [0.25, 0.3) is 0 Å². The van der Waals surface area contributed by atoms with E-state index >= 15 is 0 Å². The van der Waals surface area contributed by atoms with Gasteiger partial charge in [-0.3, -0.25) is 9.59 Å². The summed E-state index contributed by atoms with van der Waals surface area (Å²) in [6.07, 6.45) is 0.429. The quantitative estimate of drug-likeness (QED) is 0.547. The number of benzene rings is 1. The van der Waals surface area contributed by atoms with Crippen molar-refractivity contribution in [2.24, 2.45) is 5.92 Å². The van der Waals surface area contributed by atoms with E-state index < -0.39 is 5.92 Å². The fraction of sp³-hybridized carbons (Fsp3) is 0.333. The Morgan fingerprint density at radius 1 is 1.47 bits per heavy atom. The first-order chi connectivity index (χ1) is 7.99. The number of nitrogen functional groups attached to an aromatic ring is 1. The minimum atomic E-state index is -0.638. The van der Waals surface area contributed by atoms with Crippen molar-refractivity contribution in [2.75, 3.05) is 25.1 Å². The molecule has 1 aromatic carbocycles. The van der Waals surface area contributed by atoms with Gasteiger partial charge >= 0.3 is 0 Å². The SMILES string of the molecule is CN(C)C(=O)C1Cc2ccc(N)cc2NC1=O. The number of hydrogen-bond donors (Lipinski definition) is 2. The second kappa shape index (κ2) is 4.08. The average Bonchev–Trinajstić information content (AvgIpc) is 2.27. The molecule has 0 spiro atoms. The predicted molar refractivity (Wildman–Crippen MR) is 65.4 cm³/mol. The molecule has 1 aliphatic rings. The van der Waals surface area contributed by atoms with E-state index in [1.165, 1.54) is 4.90 Å². The van der Waals surface area contributed by atoms with E-state index in [2.05, 4.69) is 5.32 Å². The Hall–Kier alpha value is -2.04. The summed E-state index contributed by atoms with van der Waals surface area (Å²) in [5.74, 6) is -1.08. The molecular weight excluding hydrogens is 218 g/mol. The standard InChI is InChI=1S/C12H15N3O2/c1-15(2)12(17)9-5-7-3-4-8(13)6-10(7)14-11(9)16/h3-4,6,9H,5,13H2,1-2H3,(H,14,16). The summed E-state index contributed by atoms with van der Waals surface area (Å²) in [4.78, 5) is 25.1. The molecule has 1 heterocycles. The summed E-state index contributed by atoms with van der Waals surface area (Å²) in [5, 5.41) is 2.72. The molecule has 0 fully saturated rings. The van der Waals surface area contributed by atoms with Crippen molar-refractivity contribution in [1.82, 2.24) is 4.90 Å². The fourth-order valence-electron chi connectivity index (χ4n) is 1.93. The van der Waals surface area contributed by atoms with Gasteiger partial charge in [-0.2, -0.15) is 0 Å². The van der Waals surface area contributed by atoms with Crippen LogP contribution in [0.25, 0.3) is 0 Å². The molecule has 0 aromatic heterocycles. The lowest BCUT2D eigenvalue weighted by Gasteiger charge is -2.26. The Morgan fingerprint density at radius 2 is 2.18 bits per heavy atom. The Kier molecular flexibility index (Phi) is 2.75. The fourth-order valence-corrected chi connectivity index (χ4v) is 1.93. The van der Waals surface area contributed by atoms with Gasteiger partial charge in [0.1, 0.15) is 5.92 Å². The summed E-state index contributed by atoms with van der Waals surface area (Å²) in [5.41, 5.74) is 7.89. The monoisotopic (exact) mass is 233 g/mol. The largest absolute Gasteiger partial charge is 0.399 e. The van der Waals surface area contributed by atoms with Gasteiger partial charge in [0, 0.05) is 25.5 Å². The summed E-state index contributed by atoms with van der Waals surface area (Å²) >= 11 is 0. The molecule has 1 aromatic rings. The smallest absolute Gasteiger partial charge is 0.237 e. The first kappa shape index (κ1) is 11.4. The van der Waals surface area contributed by atoms with E-state index in [-0.39, 0.29) is 11.8 Å². The maximum Gasteiger partial charge on any atom is 0.237 e. The van der Waals surface area contributed by atoms with Gasteiger partial charge < -0.3 is 16.0 Å². The first-order valence-corrected chi connectivity index (χ1v) is 5.39. The van der Waals surface area contributed by atoms with E-state index in [9.17, 15) is 9.59 Å². The van der Waals surface area contributed by atoms with Gasteiger partial charge in [-0.15, -0.1) is 0 Å². The number of nitrogens with zero attached hydrogens (tertiary/aromatic N) is 1. The Morgan fingerprint density at radius 3 is 2.82 bits per heavy atom. The van der Waals surface area contributed by atoms with Crippen LogP contribution in [0.2, 0.25) is 0 Å². The van der Waals surface area contributed by atoms with Crippen LogP contribution in [-0.4, -0.2) is 30.8 Å². The highest BCUT2D eigenvalue weighted by Gasteiger charge is 2.32. The molecule has 0 aliphatic carbocycles. The highest BCUT2D eigenvalue weighted by molar-refractivity contribution is 6.08. The van der Waals surface area contributed by atoms with Crippen LogP contribution >= 0.6 is 0 Å². The first-order valence-electron chi connectivity index (χ1n) is 5.39. The number of anilines is 2. The number of rotatable bonds is 1. The predicted octanol–water partition coefficient (Wildman–Crippen LogP) is 0.468. The number of fused-ring (bicyclic) bond motifs is 1. The maximum atomic E-state index is 11.8. The highest BCUT2D eigenvalue weighted by atomic mass is 16.2. The van der Waals surface area contributed by atoms with E-state index in [1.807, 2.05) is 6.07 Å². The molecule has 90 valence electrons. The van der Waals surface area contributed by atoms with E-state index in [0.29, 0.717) is 17.8 Å². The minimum Gasteiger partial charge on any atom is -0.399 e. The molecule has 1 unspecified atom stereocenters. The number of nitrogens with two attached hydrogens (primary N) is 1. The number of amides is 2. The molecule has 1 aliphatic heterocycles. The zero-order valence-electron chi connectivity index (χ0n) is 9.86. The van der Waals surface area contributed by atoms with Crippen LogP contribution in [0, 0.1) is 5.92 Å². The van der Waals surface area contributed by atoms with E-state index in [4.69, 9.17) is 5.73 Å². The van der Waals surface area contributed by atoms with Crippen molar-refractivity contribution < 1.29 is 9.59 Å². The van der Waals surface area contributed by atoms with Crippen LogP contribution in [0.3, 0.4) is 0 Å². The van der Waals surface area contributed by atoms with Crippen LogP contribution in [0.4, 0.5) is 11.4 Å². The normalized spacial score (nSPS) is 18.2. The maximum absolute atomic E-state index is 11.8. The lowest BCUT2D eigenvalue weighted by molar-refractivity contribution is -0.138. The summed E-state index contributed by atoms with van der Waals surface area (Å²) in [6.45, 7) is 0. The second-order valence-electron chi connectivity index (χ2n) is 4.40. The molecule has 0 bridgehead atoms. The molecule has 2 rings (SSSR count). The molecule has 0 saturated carbocycles. The van der Waals surface area contributed by atoms with Gasteiger partial charge in [0.05, 0.1) is 0 Å². The lowest BCUT2D eigenvalue weighted by Crippen LogP contribution is -2.41. The van der Waals surface area contributed by atoms with Crippen LogP contribution in [0.5, 0.6) is 0 Å². The zero-order chi connectivity index (χ0) is 12.6. The summed E-state index contributed by atoms with van der Waals surface area (Å²) < 4.78 is 0. The van der Waals surface area contributed by atoms with Crippen LogP contribution in [0.15, 0.2) is 18.2 Å². The lowest BCUT2D eigenvalue weighted by atomic mass is 9.92. The third kappa shape index (κ3) is 2.08. The summed E-state index contributed by atoms with van der Waals surface area (Å²) in [6, 6.07) is 5.33. The summed E-state index contributed by atoms with van der Waals surface area (Å²) in [7, 11) is 3.29. The molecule has 0 radical (unpaired) electrons. The van der Waals surface area contributed by atoms with Crippen LogP contribution in [-0.2, 0) is 16.0 Å². The molecule has 1 atom stereocenters. The molecule has 5 nitrogen and oxygen atoms in total. The highest BCUT2D eigenvalue weighted by Crippen LogP contribution is 2.28. The minimum absolute atomic E-state index is 0.176. The van der Waals surface area contributed by atoms with Crippen molar-refractivity contribution in [3.05, 3.63) is 23.8 Å². The molecule has 2 amide bonds. The van der Waals surface area contributed by atoms with Crippen LogP contribution < -0.4 is 11.1 Å². The Bertz CT molecular complexity index is 483. The number of hydrogen-bond acceptors (Lipinski definition) is 3. The Balaban J connectivity index is 2.30. The average molecular weight is 233 g/mol. The molecule has 17 heavy (non-hydrogen) atoms. The second-order valence-corrected chi connectivity index (χ2v) is 4.40. The number of carbonyl (C=O) groups excluding carboxylic acids is 2. The van der Waals surface area contributed by atoms with Gasteiger partial charge in [-0.1, -0.05) is 6.07 Å². The molecular formula is C12H15N3O2. The van der Waals surface area contributed by atoms with Crippen molar-refractivity contribution in [2.45, 2.75) is 6.42 Å². The van der Waals surface area contributed by atoms with Crippen molar-refractivity contribution in [3.8, 4) is 0 Å². The zero-order valence-corrected chi connectivity index (χ0v) is 9.86.